The number of ether oxygens (including phenoxy) is 2. The molecule has 2 N–H and O–H groups in total. The highest BCUT2D eigenvalue weighted by Gasteiger charge is 2.18. The Bertz CT molecular complexity index is 1520. The second-order valence-electron chi connectivity index (χ2n) is 8.02. The zero-order valence-electron chi connectivity index (χ0n) is 19.7. The van der Waals surface area contributed by atoms with Crippen LogP contribution in [0.3, 0.4) is 0 Å². The van der Waals surface area contributed by atoms with Crippen LogP contribution in [0.2, 0.25) is 0 Å². The molecule has 0 aliphatic rings. The van der Waals surface area contributed by atoms with Crippen molar-refractivity contribution in [3.05, 3.63) is 91.0 Å². The molecule has 1 aromatic heterocycles. The second kappa shape index (κ2) is 9.76. The van der Waals surface area contributed by atoms with Gasteiger partial charge in [-0.1, -0.05) is 54.6 Å². The molecule has 0 atom stereocenters. The van der Waals surface area contributed by atoms with Crippen molar-refractivity contribution in [3.8, 4) is 68.3 Å². The van der Waals surface area contributed by atoms with Crippen LogP contribution in [0, 0.1) is 0 Å². The minimum Gasteiger partial charge on any atom is -0.508 e. The van der Waals surface area contributed by atoms with Crippen LogP contribution in [0.1, 0.15) is 0 Å². The molecule has 0 aliphatic heterocycles. The third-order valence-corrected chi connectivity index (χ3v) is 5.76. The number of phenols is 2. The maximum Gasteiger partial charge on any atom is 0.167 e. The molecule has 0 radical (unpaired) electrons. The number of phenolic OH excluding ortho intramolecular Hbond substituents is 2. The number of hydrogen-bond donors (Lipinski definition) is 2. The first-order valence-electron chi connectivity index (χ1n) is 11.2. The highest BCUT2D eigenvalue weighted by Crippen LogP contribution is 2.36. The summed E-state index contributed by atoms with van der Waals surface area (Å²) in [6, 6.07) is 27.7. The van der Waals surface area contributed by atoms with Gasteiger partial charge in [-0.2, -0.15) is 0 Å². The SMILES string of the molecule is COc1ccc(-c2nc(-c3ccc(-c4ccccc4)cc3)nc(-c3ccc(O)cc3O)n2)c(OC)c1. The molecule has 178 valence electrons. The number of benzene rings is 4. The first kappa shape index (κ1) is 22.9. The average Bonchev–Trinajstić information content (AvgIpc) is 2.93. The highest BCUT2D eigenvalue weighted by molar-refractivity contribution is 5.74. The largest absolute Gasteiger partial charge is 0.508 e. The molecular weight excluding hydrogens is 454 g/mol. The van der Waals surface area contributed by atoms with E-state index in [1.807, 2.05) is 48.5 Å². The summed E-state index contributed by atoms with van der Waals surface area (Å²) in [5, 5.41) is 20.2. The van der Waals surface area contributed by atoms with Gasteiger partial charge in [0.25, 0.3) is 0 Å². The summed E-state index contributed by atoms with van der Waals surface area (Å²) < 4.78 is 10.9. The lowest BCUT2D eigenvalue weighted by atomic mass is 10.0. The van der Waals surface area contributed by atoms with Crippen molar-refractivity contribution >= 4 is 0 Å². The van der Waals surface area contributed by atoms with E-state index >= 15 is 0 Å². The van der Waals surface area contributed by atoms with Gasteiger partial charge in [0.1, 0.15) is 23.0 Å². The Morgan fingerprint density at radius 3 is 1.83 bits per heavy atom. The van der Waals surface area contributed by atoms with E-state index in [0.29, 0.717) is 34.3 Å². The van der Waals surface area contributed by atoms with Crippen LogP contribution >= 0.6 is 0 Å². The standard InChI is InChI=1S/C29H23N3O4/c1-35-22-13-15-24(26(17-22)36-2)29-31-27(30-28(32-29)23-14-12-21(33)16-25(23)34)20-10-8-19(9-11-20)18-6-4-3-5-7-18/h3-17,33-34H,1-2H3. The lowest BCUT2D eigenvalue weighted by Gasteiger charge is -2.13. The Kier molecular flexibility index (Phi) is 6.19. The molecule has 7 nitrogen and oxygen atoms in total. The van der Waals surface area contributed by atoms with Gasteiger partial charge in [-0.3, -0.25) is 0 Å². The van der Waals surface area contributed by atoms with E-state index in [0.717, 1.165) is 16.7 Å². The van der Waals surface area contributed by atoms with Gasteiger partial charge in [0.05, 0.1) is 25.3 Å². The van der Waals surface area contributed by atoms with Crippen LogP contribution < -0.4 is 9.47 Å². The molecular formula is C29H23N3O4. The second-order valence-corrected chi connectivity index (χ2v) is 8.02. The van der Waals surface area contributed by atoms with E-state index in [-0.39, 0.29) is 17.3 Å². The van der Waals surface area contributed by atoms with Crippen LogP contribution in [-0.2, 0) is 0 Å². The minimum absolute atomic E-state index is 0.0564. The number of aromatic hydroxyl groups is 2. The smallest absolute Gasteiger partial charge is 0.167 e. The summed E-state index contributed by atoms with van der Waals surface area (Å²) in [5.41, 5.74) is 3.97. The van der Waals surface area contributed by atoms with Gasteiger partial charge in [0, 0.05) is 17.7 Å². The molecule has 5 aromatic rings. The van der Waals surface area contributed by atoms with Gasteiger partial charge >= 0.3 is 0 Å². The lowest BCUT2D eigenvalue weighted by Crippen LogP contribution is -2.01. The molecule has 0 bridgehead atoms. The van der Waals surface area contributed by atoms with E-state index in [1.54, 1.807) is 32.4 Å². The Balaban J connectivity index is 1.66. The van der Waals surface area contributed by atoms with Crippen molar-refractivity contribution in [1.82, 2.24) is 15.0 Å². The Morgan fingerprint density at radius 2 is 1.17 bits per heavy atom. The van der Waals surface area contributed by atoms with Gasteiger partial charge in [-0.15, -0.1) is 0 Å². The first-order chi connectivity index (χ1) is 17.6. The molecule has 0 unspecified atom stereocenters. The van der Waals surface area contributed by atoms with Crippen molar-refractivity contribution in [2.45, 2.75) is 0 Å². The summed E-state index contributed by atoms with van der Waals surface area (Å²) in [6.07, 6.45) is 0. The maximum absolute atomic E-state index is 10.5. The number of methoxy groups -OCH3 is 2. The maximum atomic E-state index is 10.5. The fourth-order valence-electron chi connectivity index (χ4n) is 3.88. The Hall–Kier alpha value is -4.91. The molecule has 0 amide bonds. The van der Waals surface area contributed by atoms with Gasteiger partial charge in [-0.25, -0.2) is 15.0 Å². The Labute approximate surface area is 208 Å². The van der Waals surface area contributed by atoms with Crippen LogP contribution in [0.25, 0.3) is 45.3 Å². The molecule has 36 heavy (non-hydrogen) atoms. The van der Waals surface area contributed by atoms with Crippen molar-refractivity contribution in [2.24, 2.45) is 0 Å². The molecule has 1 heterocycles. The summed E-state index contributed by atoms with van der Waals surface area (Å²) >= 11 is 0. The van der Waals surface area contributed by atoms with E-state index in [2.05, 4.69) is 22.1 Å². The predicted molar refractivity (Wildman–Crippen MR) is 138 cm³/mol. The monoisotopic (exact) mass is 477 g/mol. The zero-order chi connectivity index (χ0) is 25.1. The zero-order valence-corrected chi connectivity index (χ0v) is 19.7. The van der Waals surface area contributed by atoms with E-state index < -0.39 is 0 Å². The molecule has 0 saturated heterocycles. The summed E-state index contributed by atoms with van der Waals surface area (Å²) in [7, 11) is 3.15. The quantitative estimate of drug-likeness (QED) is 0.311. The first-order valence-corrected chi connectivity index (χ1v) is 11.2. The summed E-state index contributed by atoms with van der Waals surface area (Å²) in [6.45, 7) is 0. The molecule has 0 fully saturated rings. The van der Waals surface area contributed by atoms with Crippen LogP contribution in [0.5, 0.6) is 23.0 Å². The summed E-state index contributed by atoms with van der Waals surface area (Å²) in [4.78, 5) is 14.0. The van der Waals surface area contributed by atoms with Crippen LogP contribution in [0.4, 0.5) is 0 Å². The van der Waals surface area contributed by atoms with Crippen molar-refractivity contribution in [3.63, 3.8) is 0 Å². The van der Waals surface area contributed by atoms with Crippen LogP contribution in [0.15, 0.2) is 91.0 Å². The van der Waals surface area contributed by atoms with Gasteiger partial charge in [0.15, 0.2) is 17.5 Å². The van der Waals surface area contributed by atoms with Gasteiger partial charge in [0.2, 0.25) is 0 Å². The number of nitrogens with zero attached hydrogens (tertiary/aromatic N) is 3. The van der Waals surface area contributed by atoms with E-state index in [9.17, 15) is 10.2 Å². The molecule has 0 spiro atoms. The molecule has 5 rings (SSSR count). The van der Waals surface area contributed by atoms with Crippen LogP contribution in [-0.4, -0.2) is 39.4 Å². The van der Waals surface area contributed by atoms with Crippen molar-refractivity contribution in [1.29, 1.82) is 0 Å². The average molecular weight is 478 g/mol. The number of aromatic nitrogens is 3. The number of hydrogen-bond acceptors (Lipinski definition) is 7. The normalized spacial score (nSPS) is 10.7. The number of rotatable bonds is 6. The van der Waals surface area contributed by atoms with Gasteiger partial charge < -0.3 is 19.7 Å². The predicted octanol–water partition coefficient (Wildman–Crippen LogP) is 5.97. The Morgan fingerprint density at radius 1 is 0.556 bits per heavy atom. The van der Waals surface area contributed by atoms with E-state index in [1.165, 1.54) is 12.1 Å². The van der Waals surface area contributed by atoms with Crippen molar-refractivity contribution < 1.29 is 19.7 Å². The molecule has 0 saturated carbocycles. The third kappa shape index (κ3) is 4.54. The molecule has 7 heteroatoms. The topological polar surface area (TPSA) is 97.6 Å². The lowest BCUT2D eigenvalue weighted by molar-refractivity contribution is 0.395. The third-order valence-electron chi connectivity index (χ3n) is 5.76. The van der Waals surface area contributed by atoms with E-state index in [4.69, 9.17) is 14.5 Å². The summed E-state index contributed by atoms with van der Waals surface area (Å²) in [5.74, 6) is 2.04. The molecule has 0 aliphatic carbocycles. The fourth-order valence-corrected chi connectivity index (χ4v) is 3.88. The highest BCUT2D eigenvalue weighted by atomic mass is 16.5. The molecule has 4 aromatic carbocycles. The minimum atomic E-state index is -0.140. The van der Waals surface area contributed by atoms with Gasteiger partial charge in [-0.05, 0) is 35.4 Å². The van der Waals surface area contributed by atoms with Crippen molar-refractivity contribution in [2.75, 3.05) is 14.2 Å². The fraction of sp³-hybridized carbons (Fsp3) is 0.0690.